The summed E-state index contributed by atoms with van der Waals surface area (Å²) in [6.45, 7) is 0. The quantitative estimate of drug-likeness (QED) is 0.780. The van der Waals surface area contributed by atoms with E-state index in [2.05, 4.69) is 19.7 Å². The SMILES string of the molecule is COC(=O)OC1c2nccnc2C(=O)N1c1ccc(Cl)cn1. The number of ether oxygens (including phenoxy) is 2. The van der Waals surface area contributed by atoms with Crippen LogP contribution in [0.5, 0.6) is 0 Å². The molecule has 1 aliphatic rings. The lowest BCUT2D eigenvalue weighted by atomic mass is 10.3. The summed E-state index contributed by atoms with van der Waals surface area (Å²) in [5.41, 5.74) is 0.308. The molecule has 0 saturated heterocycles. The molecule has 0 saturated carbocycles. The number of hydrogen-bond donors (Lipinski definition) is 0. The third-order valence-corrected chi connectivity index (χ3v) is 3.17. The highest BCUT2D eigenvalue weighted by Gasteiger charge is 2.43. The van der Waals surface area contributed by atoms with E-state index in [1.807, 2.05) is 0 Å². The number of methoxy groups -OCH3 is 1. The second-order valence-electron chi connectivity index (χ2n) is 4.22. The van der Waals surface area contributed by atoms with Gasteiger partial charge >= 0.3 is 6.16 Å². The summed E-state index contributed by atoms with van der Waals surface area (Å²) in [5, 5.41) is 0.412. The van der Waals surface area contributed by atoms with E-state index >= 15 is 0 Å². The van der Waals surface area contributed by atoms with E-state index in [9.17, 15) is 9.59 Å². The molecule has 112 valence electrons. The van der Waals surface area contributed by atoms with Crippen LogP contribution in [0.15, 0.2) is 30.7 Å². The Bertz CT molecular complexity index is 737. The number of nitrogens with zero attached hydrogens (tertiary/aromatic N) is 4. The number of carbonyl (C=O) groups excluding carboxylic acids is 2. The van der Waals surface area contributed by atoms with Gasteiger partial charge in [0.25, 0.3) is 5.91 Å². The molecule has 22 heavy (non-hydrogen) atoms. The molecule has 1 atom stereocenters. The molecule has 0 radical (unpaired) electrons. The molecule has 0 bridgehead atoms. The Hall–Kier alpha value is -2.74. The highest BCUT2D eigenvalue weighted by atomic mass is 35.5. The molecule has 0 aliphatic carbocycles. The summed E-state index contributed by atoms with van der Waals surface area (Å²) in [7, 11) is 1.17. The van der Waals surface area contributed by atoms with Crippen molar-refractivity contribution in [2.75, 3.05) is 12.0 Å². The lowest BCUT2D eigenvalue weighted by molar-refractivity contribution is 0.0360. The Morgan fingerprint density at radius 3 is 2.73 bits per heavy atom. The molecule has 2 aromatic rings. The maximum atomic E-state index is 12.5. The Balaban J connectivity index is 2.05. The van der Waals surface area contributed by atoms with Gasteiger partial charge in [-0.2, -0.15) is 0 Å². The molecule has 0 fully saturated rings. The van der Waals surface area contributed by atoms with Gasteiger partial charge in [-0.1, -0.05) is 11.6 Å². The maximum Gasteiger partial charge on any atom is 0.510 e. The van der Waals surface area contributed by atoms with E-state index in [1.165, 1.54) is 31.8 Å². The van der Waals surface area contributed by atoms with Crippen LogP contribution in [0.1, 0.15) is 22.4 Å². The highest BCUT2D eigenvalue weighted by molar-refractivity contribution is 6.30. The second kappa shape index (κ2) is 5.57. The van der Waals surface area contributed by atoms with Crippen LogP contribution in [0.25, 0.3) is 0 Å². The molecule has 0 N–H and O–H groups in total. The summed E-state index contributed by atoms with van der Waals surface area (Å²) in [6, 6.07) is 3.09. The Labute approximate surface area is 129 Å². The first-order valence-electron chi connectivity index (χ1n) is 6.12. The smallest absolute Gasteiger partial charge is 0.438 e. The molecule has 1 amide bonds. The van der Waals surface area contributed by atoms with Crippen molar-refractivity contribution < 1.29 is 19.1 Å². The van der Waals surface area contributed by atoms with Gasteiger partial charge in [0.15, 0.2) is 5.69 Å². The first-order chi connectivity index (χ1) is 10.6. The van der Waals surface area contributed by atoms with Gasteiger partial charge in [0.2, 0.25) is 6.23 Å². The van der Waals surface area contributed by atoms with Gasteiger partial charge < -0.3 is 9.47 Å². The number of amides is 1. The molecule has 8 nitrogen and oxygen atoms in total. The lowest BCUT2D eigenvalue weighted by Gasteiger charge is -2.22. The molecule has 0 aromatic carbocycles. The number of fused-ring (bicyclic) bond motifs is 1. The molecule has 0 spiro atoms. The van der Waals surface area contributed by atoms with Crippen LogP contribution in [-0.2, 0) is 9.47 Å². The number of halogens is 1. The van der Waals surface area contributed by atoms with E-state index in [0.717, 1.165) is 4.90 Å². The van der Waals surface area contributed by atoms with Crippen LogP contribution in [0.4, 0.5) is 10.6 Å². The summed E-state index contributed by atoms with van der Waals surface area (Å²) in [5.74, 6) is -0.227. The average molecular weight is 321 g/mol. The standard InChI is InChI=1S/C13H9ClN4O4/c1-21-13(20)22-12-10-9(15-4-5-16-10)11(19)18(12)8-3-2-7(14)6-17-8/h2-6,12H,1H3. The Morgan fingerprint density at radius 2 is 2.05 bits per heavy atom. The van der Waals surface area contributed by atoms with Crippen LogP contribution >= 0.6 is 11.6 Å². The average Bonchev–Trinajstić information content (AvgIpc) is 2.81. The summed E-state index contributed by atoms with van der Waals surface area (Å²) < 4.78 is 9.60. The molecule has 3 heterocycles. The number of rotatable bonds is 2. The van der Waals surface area contributed by atoms with Crippen molar-refractivity contribution in [3.8, 4) is 0 Å². The van der Waals surface area contributed by atoms with Gasteiger partial charge in [-0.05, 0) is 12.1 Å². The normalized spacial score (nSPS) is 16.4. The third-order valence-electron chi connectivity index (χ3n) is 2.95. The number of anilines is 1. The van der Waals surface area contributed by atoms with Crippen LogP contribution in [-0.4, -0.2) is 34.1 Å². The number of aromatic nitrogens is 3. The van der Waals surface area contributed by atoms with Crippen LogP contribution in [0.3, 0.4) is 0 Å². The van der Waals surface area contributed by atoms with Crippen molar-refractivity contribution in [3.05, 3.63) is 47.1 Å². The Morgan fingerprint density at radius 1 is 1.27 bits per heavy atom. The monoisotopic (exact) mass is 320 g/mol. The number of carbonyl (C=O) groups is 2. The minimum Gasteiger partial charge on any atom is -0.438 e. The largest absolute Gasteiger partial charge is 0.510 e. The van der Waals surface area contributed by atoms with Crippen molar-refractivity contribution in [1.82, 2.24) is 15.0 Å². The van der Waals surface area contributed by atoms with E-state index in [1.54, 1.807) is 6.07 Å². The van der Waals surface area contributed by atoms with E-state index < -0.39 is 18.3 Å². The van der Waals surface area contributed by atoms with Gasteiger partial charge in [-0.25, -0.2) is 19.7 Å². The van der Waals surface area contributed by atoms with Gasteiger partial charge in [-0.3, -0.25) is 9.78 Å². The maximum absolute atomic E-state index is 12.5. The van der Waals surface area contributed by atoms with Gasteiger partial charge in [0, 0.05) is 18.6 Å². The van der Waals surface area contributed by atoms with Gasteiger partial charge in [0.1, 0.15) is 11.5 Å². The topological polar surface area (TPSA) is 94.5 Å². The Kier molecular flexibility index (Phi) is 3.60. The van der Waals surface area contributed by atoms with Crippen molar-refractivity contribution in [2.24, 2.45) is 0 Å². The van der Waals surface area contributed by atoms with Crippen LogP contribution < -0.4 is 4.90 Å². The van der Waals surface area contributed by atoms with Crippen LogP contribution in [0.2, 0.25) is 5.02 Å². The molecule has 1 unspecified atom stereocenters. The van der Waals surface area contributed by atoms with Crippen molar-refractivity contribution in [1.29, 1.82) is 0 Å². The van der Waals surface area contributed by atoms with Gasteiger partial charge in [-0.15, -0.1) is 0 Å². The molecule has 1 aliphatic heterocycles. The van der Waals surface area contributed by atoms with E-state index in [0.29, 0.717) is 5.02 Å². The van der Waals surface area contributed by atoms with Crippen molar-refractivity contribution >= 4 is 29.5 Å². The second-order valence-corrected chi connectivity index (χ2v) is 4.66. The van der Waals surface area contributed by atoms with E-state index in [-0.39, 0.29) is 17.2 Å². The fourth-order valence-corrected chi connectivity index (χ4v) is 2.13. The predicted molar refractivity (Wildman–Crippen MR) is 74.3 cm³/mol. The van der Waals surface area contributed by atoms with Crippen LogP contribution in [0, 0.1) is 0 Å². The molecular weight excluding hydrogens is 312 g/mol. The summed E-state index contributed by atoms with van der Waals surface area (Å²) >= 11 is 5.79. The lowest BCUT2D eigenvalue weighted by Crippen LogP contribution is -2.31. The number of hydrogen-bond acceptors (Lipinski definition) is 7. The minimum absolute atomic E-state index is 0.0909. The molecule has 3 rings (SSSR count). The molecule has 9 heteroatoms. The number of pyridine rings is 1. The zero-order chi connectivity index (χ0) is 15.7. The minimum atomic E-state index is -1.10. The van der Waals surface area contributed by atoms with Gasteiger partial charge in [0.05, 0.1) is 12.1 Å². The third kappa shape index (κ3) is 2.33. The fourth-order valence-electron chi connectivity index (χ4n) is 2.02. The molecular formula is C13H9ClN4O4. The zero-order valence-electron chi connectivity index (χ0n) is 11.3. The predicted octanol–water partition coefficient (Wildman–Crippen LogP) is 1.97. The molecule has 2 aromatic heterocycles. The highest BCUT2D eigenvalue weighted by Crippen LogP contribution is 2.35. The summed E-state index contributed by atoms with van der Waals surface area (Å²) in [4.78, 5) is 37.2. The first-order valence-corrected chi connectivity index (χ1v) is 6.50. The zero-order valence-corrected chi connectivity index (χ0v) is 12.0. The first kappa shape index (κ1) is 14.2. The fraction of sp³-hybridized carbons (Fsp3) is 0.154. The van der Waals surface area contributed by atoms with E-state index in [4.69, 9.17) is 16.3 Å². The van der Waals surface area contributed by atoms with Crippen molar-refractivity contribution in [3.63, 3.8) is 0 Å². The summed E-state index contributed by atoms with van der Waals surface area (Å²) in [6.07, 6.45) is 2.11. The van der Waals surface area contributed by atoms with Crippen molar-refractivity contribution in [2.45, 2.75) is 6.23 Å².